The van der Waals surface area contributed by atoms with Gasteiger partial charge in [0.25, 0.3) is 0 Å². The van der Waals surface area contributed by atoms with Gasteiger partial charge in [0, 0.05) is 12.6 Å². The van der Waals surface area contributed by atoms with E-state index in [9.17, 15) is 4.39 Å². The molecule has 2 unspecified atom stereocenters. The quantitative estimate of drug-likeness (QED) is 0.837. The van der Waals surface area contributed by atoms with E-state index in [0.717, 1.165) is 29.5 Å². The number of hydrogen-bond acceptors (Lipinski definition) is 1. The molecule has 1 aliphatic rings. The highest BCUT2D eigenvalue weighted by molar-refractivity contribution is 5.30. The Balaban J connectivity index is 1.92. The van der Waals surface area contributed by atoms with Crippen LogP contribution in [0.5, 0.6) is 0 Å². The maximum atomic E-state index is 13.6. The van der Waals surface area contributed by atoms with Crippen LogP contribution in [0.2, 0.25) is 0 Å². The monoisotopic (exact) mass is 277 g/mol. The molecule has 0 heterocycles. The van der Waals surface area contributed by atoms with Crippen LogP contribution < -0.4 is 5.32 Å². The second kappa shape index (κ2) is 6.71. The van der Waals surface area contributed by atoms with Crippen molar-refractivity contribution in [2.24, 2.45) is 11.8 Å². The fourth-order valence-corrected chi connectivity index (χ4v) is 3.42. The van der Waals surface area contributed by atoms with Crippen molar-refractivity contribution >= 4 is 0 Å². The molecular formula is C18H28FN. The Morgan fingerprint density at radius 1 is 1.20 bits per heavy atom. The molecule has 0 radical (unpaired) electrons. The van der Waals surface area contributed by atoms with Gasteiger partial charge in [-0.2, -0.15) is 0 Å². The Hall–Kier alpha value is -0.890. The van der Waals surface area contributed by atoms with Gasteiger partial charge < -0.3 is 5.32 Å². The van der Waals surface area contributed by atoms with Gasteiger partial charge in [-0.25, -0.2) is 4.39 Å². The first kappa shape index (κ1) is 15.5. The van der Waals surface area contributed by atoms with E-state index < -0.39 is 0 Å². The van der Waals surface area contributed by atoms with Crippen molar-refractivity contribution < 1.29 is 4.39 Å². The summed E-state index contributed by atoms with van der Waals surface area (Å²) >= 11 is 0. The number of hydrogen-bond donors (Lipinski definition) is 1. The van der Waals surface area contributed by atoms with Crippen LogP contribution in [0.1, 0.15) is 56.2 Å². The molecule has 1 aromatic carbocycles. The van der Waals surface area contributed by atoms with Crippen molar-refractivity contribution in [2.45, 2.75) is 66.0 Å². The van der Waals surface area contributed by atoms with Crippen LogP contribution in [0.3, 0.4) is 0 Å². The van der Waals surface area contributed by atoms with E-state index in [-0.39, 0.29) is 5.82 Å². The Morgan fingerprint density at radius 3 is 2.45 bits per heavy atom. The fraction of sp³-hybridized carbons (Fsp3) is 0.667. The second-order valence-electron chi connectivity index (χ2n) is 6.79. The van der Waals surface area contributed by atoms with Gasteiger partial charge in [0.2, 0.25) is 0 Å². The average molecular weight is 277 g/mol. The molecule has 0 amide bonds. The third kappa shape index (κ3) is 3.82. The van der Waals surface area contributed by atoms with Gasteiger partial charge in [-0.05, 0) is 55.2 Å². The molecule has 20 heavy (non-hydrogen) atoms. The zero-order valence-electron chi connectivity index (χ0n) is 13.3. The van der Waals surface area contributed by atoms with Crippen LogP contribution in [0.15, 0.2) is 12.1 Å². The van der Waals surface area contributed by atoms with Crippen LogP contribution in [0.25, 0.3) is 0 Å². The van der Waals surface area contributed by atoms with Crippen LogP contribution in [-0.4, -0.2) is 6.04 Å². The highest BCUT2D eigenvalue weighted by Crippen LogP contribution is 2.30. The first-order chi connectivity index (χ1) is 9.47. The third-order valence-electron chi connectivity index (χ3n) is 4.75. The Morgan fingerprint density at radius 2 is 1.85 bits per heavy atom. The summed E-state index contributed by atoms with van der Waals surface area (Å²) in [4.78, 5) is 0. The van der Waals surface area contributed by atoms with Gasteiger partial charge in [0.05, 0.1) is 0 Å². The summed E-state index contributed by atoms with van der Waals surface area (Å²) in [6, 6.07) is 4.57. The Kier molecular flexibility index (Phi) is 5.20. The van der Waals surface area contributed by atoms with E-state index in [4.69, 9.17) is 0 Å². The molecule has 0 bridgehead atoms. The summed E-state index contributed by atoms with van der Waals surface area (Å²) < 4.78 is 13.6. The van der Waals surface area contributed by atoms with Crippen molar-refractivity contribution in [3.05, 3.63) is 34.6 Å². The first-order valence-electron chi connectivity index (χ1n) is 7.96. The number of rotatable bonds is 4. The summed E-state index contributed by atoms with van der Waals surface area (Å²) in [5, 5.41) is 3.67. The van der Waals surface area contributed by atoms with Crippen molar-refractivity contribution in [1.29, 1.82) is 0 Å². The minimum atomic E-state index is -0.0636. The molecule has 0 aromatic heterocycles. The summed E-state index contributed by atoms with van der Waals surface area (Å²) in [6.07, 6.45) is 5.28. The number of nitrogens with one attached hydrogen (secondary N) is 1. The van der Waals surface area contributed by atoms with Crippen LogP contribution >= 0.6 is 0 Å². The van der Waals surface area contributed by atoms with Gasteiger partial charge in [0.15, 0.2) is 0 Å². The fourth-order valence-electron chi connectivity index (χ4n) is 3.42. The van der Waals surface area contributed by atoms with E-state index in [1.165, 1.54) is 31.2 Å². The van der Waals surface area contributed by atoms with Gasteiger partial charge >= 0.3 is 0 Å². The van der Waals surface area contributed by atoms with Crippen molar-refractivity contribution in [1.82, 2.24) is 5.32 Å². The molecule has 1 N–H and O–H groups in total. The molecule has 1 fully saturated rings. The smallest absolute Gasteiger partial charge is 0.129 e. The molecule has 1 aromatic rings. The lowest BCUT2D eigenvalue weighted by molar-refractivity contribution is 0.231. The standard InChI is InChI=1S/C18H28FN/c1-12(2)16-6-5-7-17(10-16)20-11-15-8-13(3)18(19)14(4)9-15/h8-9,12,16-17,20H,5-7,10-11H2,1-4H3. The molecule has 112 valence electrons. The second-order valence-corrected chi connectivity index (χ2v) is 6.79. The molecule has 0 saturated heterocycles. The van der Waals surface area contributed by atoms with E-state index >= 15 is 0 Å². The SMILES string of the molecule is Cc1cc(CNC2CCCC(C(C)C)C2)cc(C)c1F. The minimum Gasteiger partial charge on any atom is -0.310 e. The molecular weight excluding hydrogens is 249 g/mol. The Bertz CT molecular complexity index is 430. The van der Waals surface area contributed by atoms with Gasteiger partial charge in [0.1, 0.15) is 5.82 Å². The zero-order chi connectivity index (χ0) is 14.7. The minimum absolute atomic E-state index is 0.0636. The predicted octanol–water partition coefficient (Wildman–Crippen LogP) is 4.75. The van der Waals surface area contributed by atoms with Crippen molar-refractivity contribution in [3.8, 4) is 0 Å². The lowest BCUT2D eigenvalue weighted by Gasteiger charge is -2.32. The predicted molar refractivity (Wildman–Crippen MR) is 83.3 cm³/mol. The summed E-state index contributed by atoms with van der Waals surface area (Å²) in [7, 11) is 0. The molecule has 1 nitrogen and oxygen atoms in total. The normalized spacial score (nSPS) is 23.3. The van der Waals surface area contributed by atoms with Crippen molar-refractivity contribution in [3.63, 3.8) is 0 Å². The molecule has 0 spiro atoms. The lowest BCUT2D eigenvalue weighted by Crippen LogP contribution is -2.35. The largest absolute Gasteiger partial charge is 0.310 e. The molecule has 2 rings (SSSR count). The maximum Gasteiger partial charge on any atom is 0.129 e. The first-order valence-corrected chi connectivity index (χ1v) is 7.96. The molecule has 0 aliphatic heterocycles. The van der Waals surface area contributed by atoms with E-state index in [2.05, 4.69) is 19.2 Å². The van der Waals surface area contributed by atoms with Crippen LogP contribution in [0.4, 0.5) is 4.39 Å². The summed E-state index contributed by atoms with van der Waals surface area (Å²) in [6.45, 7) is 9.22. The Labute approximate surface area is 123 Å². The number of benzene rings is 1. The van der Waals surface area contributed by atoms with E-state index in [1.54, 1.807) is 0 Å². The molecule has 2 heteroatoms. The average Bonchev–Trinajstić information content (AvgIpc) is 2.42. The lowest BCUT2D eigenvalue weighted by atomic mass is 9.79. The van der Waals surface area contributed by atoms with Gasteiger partial charge in [-0.15, -0.1) is 0 Å². The summed E-state index contributed by atoms with van der Waals surface area (Å²) in [5.41, 5.74) is 2.71. The van der Waals surface area contributed by atoms with Crippen molar-refractivity contribution in [2.75, 3.05) is 0 Å². The molecule has 1 aliphatic carbocycles. The zero-order valence-corrected chi connectivity index (χ0v) is 13.3. The van der Waals surface area contributed by atoms with Crippen LogP contribution in [-0.2, 0) is 6.54 Å². The van der Waals surface area contributed by atoms with Gasteiger partial charge in [-0.3, -0.25) is 0 Å². The number of halogens is 1. The summed E-state index contributed by atoms with van der Waals surface area (Å²) in [5.74, 6) is 1.58. The van der Waals surface area contributed by atoms with Crippen LogP contribution in [0, 0.1) is 31.5 Å². The topological polar surface area (TPSA) is 12.0 Å². The van der Waals surface area contributed by atoms with Gasteiger partial charge in [-0.1, -0.05) is 38.8 Å². The molecule has 1 saturated carbocycles. The maximum absolute atomic E-state index is 13.6. The number of aryl methyl sites for hydroxylation is 2. The van der Waals surface area contributed by atoms with E-state index in [1.807, 2.05) is 26.0 Å². The third-order valence-corrected chi connectivity index (χ3v) is 4.75. The highest BCUT2D eigenvalue weighted by atomic mass is 19.1. The van der Waals surface area contributed by atoms with E-state index in [0.29, 0.717) is 6.04 Å². The highest BCUT2D eigenvalue weighted by Gasteiger charge is 2.23. The molecule has 2 atom stereocenters.